The van der Waals surface area contributed by atoms with Gasteiger partial charge in [-0.05, 0) is 32.9 Å². The lowest BCUT2D eigenvalue weighted by Gasteiger charge is -2.30. The zero-order valence-electron chi connectivity index (χ0n) is 11.1. The molecule has 1 saturated heterocycles. The van der Waals surface area contributed by atoms with Gasteiger partial charge in [-0.2, -0.15) is 0 Å². The van der Waals surface area contributed by atoms with Gasteiger partial charge in [-0.25, -0.2) is 10.8 Å². The molecule has 19 heavy (non-hydrogen) atoms. The summed E-state index contributed by atoms with van der Waals surface area (Å²) in [4.78, 5) is 19.3. The van der Waals surface area contributed by atoms with Gasteiger partial charge in [0.05, 0.1) is 12.5 Å². The van der Waals surface area contributed by atoms with E-state index in [0.29, 0.717) is 6.61 Å². The number of aromatic nitrogens is 1. The number of hydrazine groups is 1. The maximum Gasteiger partial charge on any atom is 0.309 e. The van der Waals surface area contributed by atoms with Crippen molar-refractivity contribution < 1.29 is 9.53 Å². The molecule has 0 aromatic carbocycles. The molecule has 1 aliphatic heterocycles. The number of carbonyl (C=O) groups is 1. The molecular weight excluding hydrogens is 264 g/mol. The van der Waals surface area contributed by atoms with E-state index in [1.165, 1.54) is 4.88 Å². The number of esters is 1. The highest BCUT2D eigenvalue weighted by atomic mass is 32.1. The van der Waals surface area contributed by atoms with Gasteiger partial charge >= 0.3 is 5.97 Å². The molecule has 1 aromatic heterocycles. The fraction of sp³-hybridized carbons (Fsp3) is 0.667. The Morgan fingerprint density at radius 1 is 1.63 bits per heavy atom. The molecule has 0 bridgehead atoms. The van der Waals surface area contributed by atoms with Crippen molar-refractivity contribution in [1.29, 1.82) is 0 Å². The predicted octanol–water partition coefficient (Wildman–Crippen LogP) is 1.20. The second-order valence-electron chi connectivity index (χ2n) is 4.58. The largest absolute Gasteiger partial charge is 0.466 e. The molecule has 1 aliphatic rings. The molecule has 0 amide bonds. The van der Waals surface area contributed by atoms with Gasteiger partial charge in [-0.1, -0.05) is 11.3 Å². The van der Waals surface area contributed by atoms with Crippen LogP contribution in [-0.2, 0) is 16.1 Å². The first kappa shape index (κ1) is 14.2. The zero-order valence-corrected chi connectivity index (χ0v) is 11.9. The molecule has 6 nitrogen and oxygen atoms in total. The van der Waals surface area contributed by atoms with E-state index in [0.717, 1.165) is 37.6 Å². The minimum Gasteiger partial charge on any atom is -0.466 e. The number of hydrogen-bond acceptors (Lipinski definition) is 7. The molecular formula is C12H20N4O2S. The van der Waals surface area contributed by atoms with Crippen molar-refractivity contribution >= 4 is 22.4 Å². The second kappa shape index (κ2) is 6.83. The Morgan fingerprint density at radius 2 is 2.37 bits per heavy atom. The van der Waals surface area contributed by atoms with E-state index in [9.17, 15) is 4.79 Å². The van der Waals surface area contributed by atoms with Crippen molar-refractivity contribution in [2.75, 3.05) is 25.1 Å². The number of carbonyl (C=O) groups excluding carboxylic acids is 1. The number of nitrogens with two attached hydrogens (primary N) is 1. The highest BCUT2D eigenvalue weighted by Crippen LogP contribution is 2.23. The minimum atomic E-state index is -0.0467. The fourth-order valence-electron chi connectivity index (χ4n) is 2.25. The molecule has 0 atom stereocenters. The predicted molar refractivity (Wildman–Crippen MR) is 74.6 cm³/mol. The van der Waals surface area contributed by atoms with E-state index in [2.05, 4.69) is 15.3 Å². The first-order valence-electron chi connectivity index (χ1n) is 6.53. The van der Waals surface area contributed by atoms with Gasteiger partial charge in [-0.3, -0.25) is 15.1 Å². The van der Waals surface area contributed by atoms with Crippen molar-refractivity contribution in [3.8, 4) is 0 Å². The summed E-state index contributed by atoms with van der Waals surface area (Å²) < 4.78 is 5.07. The fourth-order valence-corrected chi connectivity index (χ4v) is 3.02. The van der Waals surface area contributed by atoms with E-state index >= 15 is 0 Å². The third kappa shape index (κ3) is 3.89. The van der Waals surface area contributed by atoms with E-state index < -0.39 is 0 Å². The molecule has 3 N–H and O–H groups in total. The van der Waals surface area contributed by atoms with Crippen molar-refractivity contribution in [3.63, 3.8) is 0 Å². The summed E-state index contributed by atoms with van der Waals surface area (Å²) in [5.41, 5.74) is 2.55. The summed E-state index contributed by atoms with van der Waals surface area (Å²) >= 11 is 1.56. The van der Waals surface area contributed by atoms with Gasteiger partial charge in [-0.15, -0.1) is 0 Å². The minimum absolute atomic E-state index is 0.0467. The Bertz CT molecular complexity index is 416. The van der Waals surface area contributed by atoms with Crippen LogP contribution in [0.3, 0.4) is 0 Å². The van der Waals surface area contributed by atoms with E-state index in [4.69, 9.17) is 10.6 Å². The number of nitrogen functional groups attached to an aromatic ring is 1. The van der Waals surface area contributed by atoms with Gasteiger partial charge in [0.25, 0.3) is 0 Å². The number of anilines is 1. The molecule has 2 heterocycles. The van der Waals surface area contributed by atoms with Crippen LogP contribution in [0, 0.1) is 5.92 Å². The molecule has 1 fully saturated rings. The molecule has 0 saturated carbocycles. The smallest absolute Gasteiger partial charge is 0.309 e. The Kier molecular flexibility index (Phi) is 5.12. The van der Waals surface area contributed by atoms with Crippen LogP contribution in [0.4, 0.5) is 5.13 Å². The standard InChI is InChI=1S/C12H20N4O2S/c1-2-18-11(17)9-3-5-16(6-4-9)8-10-7-14-12(15-13)19-10/h7,9H,2-6,8,13H2,1H3,(H,14,15). The topological polar surface area (TPSA) is 80.5 Å². The van der Waals surface area contributed by atoms with Gasteiger partial charge in [0.2, 0.25) is 0 Å². The Morgan fingerprint density at radius 3 is 2.95 bits per heavy atom. The molecule has 0 spiro atoms. The quantitative estimate of drug-likeness (QED) is 0.480. The van der Waals surface area contributed by atoms with Crippen molar-refractivity contribution in [3.05, 3.63) is 11.1 Å². The maximum atomic E-state index is 11.6. The summed E-state index contributed by atoms with van der Waals surface area (Å²) in [5, 5.41) is 0.733. The third-order valence-corrected chi connectivity index (χ3v) is 4.18. The van der Waals surface area contributed by atoms with E-state index in [-0.39, 0.29) is 11.9 Å². The lowest BCUT2D eigenvalue weighted by Crippen LogP contribution is -2.36. The number of nitrogens with one attached hydrogen (secondary N) is 1. The number of ether oxygens (including phenoxy) is 1. The second-order valence-corrected chi connectivity index (χ2v) is 5.69. The summed E-state index contributed by atoms with van der Waals surface area (Å²) in [6.45, 7) is 5.03. The van der Waals surface area contributed by atoms with Crippen LogP contribution in [0.2, 0.25) is 0 Å². The van der Waals surface area contributed by atoms with Crippen molar-refractivity contribution in [2.24, 2.45) is 11.8 Å². The van der Waals surface area contributed by atoms with Gasteiger partial charge in [0, 0.05) is 17.6 Å². The van der Waals surface area contributed by atoms with Gasteiger partial charge in [0.15, 0.2) is 5.13 Å². The number of piperidine rings is 1. The number of rotatable bonds is 5. The number of nitrogens with zero attached hydrogens (tertiary/aromatic N) is 2. The summed E-state index contributed by atoms with van der Waals surface area (Å²) in [6, 6.07) is 0. The zero-order chi connectivity index (χ0) is 13.7. The van der Waals surface area contributed by atoms with Crippen LogP contribution < -0.4 is 11.3 Å². The maximum absolute atomic E-state index is 11.6. The summed E-state index contributed by atoms with van der Waals surface area (Å²) in [5.74, 6) is 5.33. The molecule has 7 heteroatoms. The highest BCUT2D eigenvalue weighted by Gasteiger charge is 2.26. The van der Waals surface area contributed by atoms with Crippen LogP contribution in [0.15, 0.2) is 6.20 Å². The lowest BCUT2D eigenvalue weighted by atomic mass is 9.97. The van der Waals surface area contributed by atoms with Crippen LogP contribution in [0.25, 0.3) is 0 Å². The Labute approximate surface area is 116 Å². The van der Waals surface area contributed by atoms with Crippen LogP contribution in [0.5, 0.6) is 0 Å². The first-order valence-corrected chi connectivity index (χ1v) is 7.35. The monoisotopic (exact) mass is 284 g/mol. The van der Waals surface area contributed by atoms with Crippen molar-refractivity contribution in [2.45, 2.75) is 26.3 Å². The third-order valence-electron chi connectivity index (χ3n) is 3.26. The summed E-state index contributed by atoms with van der Waals surface area (Å²) in [6.07, 6.45) is 3.59. The lowest BCUT2D eigenvalue weighted by molar-refractivity contribution is -0.149. The molecule has 2 rings (SSSR count). The van der Waals surface area contributed by atoms with E-state index in [1.54, 1.807) is 11.3 Å². The van der Waals surface area contributed by atoms with Crippen LogP contribution in [0.1, 0.15) is 24.6 Å². The number of thiazole rings is 1. The molecule has 0 aliphatic carbocycles. The summed E-state index contributed by atoms with van der Waals surface area (Å²) in [7, 11) is 0. The van der Waals surface area contributed by atoms with E-state index in [1.807, 2.05) is 13.1 Å². The van der Waals surface area contributed by atoms with Crippen LogP contribution >= 0.6 is 11.3 Å². The van der Waals surface area contributed by atoms with Gasteiger partial charge < -0.3 is 4.74 Å². The highest BCUT2D eigenvalue weighted by molar-refractivity contribution is 7.15. The Balaban J connectivity index is 1.78. The normalized spacial score (nSPS) is 17.4. The average molecular weight is 284 g/mol. The first-order chi connectivity index (χ1) is 9.22. The van der Waals surface area contributed by atoms with Gasteiger partial charge in [0.1, 0.15) is 0 Å². The molecule has 0 unspecified atom stereocenters. The SMILES string of the molecule is CCOC(=O)C1CCN(Cc2cnc(NN)s2)CC1. The molecule has 0 radical (unpaired) electrons. The molecule has 1 aromatic rings. The molecule has 106 valence electrons. The van der Waals surface area contributed by atoms with Crippen molar-refractivity contribution in [1.82, 2.24) is 9.88 Å². The van der Waals surface area contributed by atoms with Crippen LogP contribution in [-0.4, -0.2) is 35.5 Å². The average Bonchev–Trinajstić information content (AvgIpc) is 2.87. The number of likely N-dealkylation sites (tertiary alicyclic amines) is 1. The Hall–Kier alpha value is -1.18. The number of hydrogen-bond donors (Lipinski definition) is 2.